The van der Waals surface area contributed by atoms with Crippen molar-refractivity contribution in [3.05, 3.63) is 72.6 Å². The number of aromatic amines is 2. The van der Waals surface area contributed by atoms with Crippen LogP contribution >= 0.6 is 0 Å². The zero-order valence-corrected chi connectivity index (χ0v) is 14.4. The van der Waals surface area contributed by atoms with Gasteiger partial charge in [-0.05, 0) is 48.4 Å². The van der Waals surface area contributed by atoms with Gasteiger partial charge in [0.2, 0.25) is 0 Å². The van der Waals surface area contributed by atoms with E-state index < -0.39 is 0 Å². The molecule has 130 valence electrons. The van der Waals surface area contributed by atoms with E-state index in [0.29, 0.717) is 18.8 Å². The summed E-state index contributed by atoms with van der Waals surface area (Å²) in [7, 11) is 0. The molecule has 0 spiro atoms. The smallest absolute Gasteiger partial charge is 0.270 e. The van der Waals surface area contributed by atoms with Gasteiger partial charge in [-0.2, -0.15) is 0 Å². The van der Waals surface area contributed by atoms with Gasteiger partial charge in [-0.3, -0.25) is 9.78 Å². The lowest BCUT2D eigenvalue weighted by molar-refractivity contribution is 0.0747. The van der Waals surface area contributed by atoms with Crippen LogP contribution < -0.4 is 0 Å². The molecule has 0 atom stereocenters. The molecule has 0 bridgehead atoms. The largest absolute Gasteiger partial charge is 0.357 e. The Kier molecular flexibility index (Phi) is 4.23. The second-order valence-electron chi connectivity index (χ2n) is 6.08. The van der Waals surface area contributed by atoms with Crippen LogP contribution in [0.25, 0.3) is 22.2 Å². The van der Waals surface area contributed by atoms with Crippen LogP contribution in [-0.4, -0.2) is 37.3 Å². The number of pyridine rings is 2. The number of rotatable bonds is 5. The summed E-state index contributed by atoms with van der Waals surface area (Å²) in [6, 6.07) is 9.71. The van der Waals surface area contributed by atoms with E-state index in [2.05, 4.69) is 19.9 Å². The Hall–Kier alpha value is -3.41. The third-order valence-electron chi connectivity index (χ3n) is 4.48. The molecule has 26 heavy (non-hydrogen) atoms. The highest BCUT2D eigenvalue weighted by atomic mass is 16.2. The number of carbonyl (C=O) groups is 1. The first-order valence-electron chi connectivity index (χ1n) is 8.55. The standard InChI is InChI=1S/C20H19N5O/c1-2-25(13-14-3-7-21-8-4-14)20(26)18-11-15(12-24-18)16-5-9-22-19-17(16)6-10-23-19/h3-12,24H,2,13H2,1H3,(H,22,23). The number of amides is 1. The van der Waals surface area contributed by atoms with Gasteiger partial charge in [0.1, 0.15) is 11.3 Å². The lowest BCUT2D eigenvalue weighted by atomic mass is 10.1. The molecule has 0 unspecified atom stereocenters. The number of aromatic nitrogens is 4. The molecule has 0 aliphatic heterocycles. The molecular weight excluding hydrogens is 326 g/mol. The first-order chi connectivity index (χ1) is 12.8. The average molecular weight is 345 g/mol. The third-order valence-corrected chi connectivity index (χ3v) is 4.48. The summed E-state index contributed by atoms with van der Waals surface area (Å²) in [6.07, 6.45) is 8.99. The first kappa shape index (κ1) is 16.1. The minimum Gasteiger partial charge on any atom is -0.357 e. The predicted molar refractivity (Wildman–Crippen MR) is 101 cm³/mol. The summed E-state index contributed by atoms with van der Waals surface area (Å²) in [6.45, 7) is 3.17. The molecule has 0 aliphatic rings. The maximum absolute atomic E-state index is 12.9. The fourth-order valence-corrected chi connectivity index (χ4v) is 3.09. The molecule has 0 aliphatic carbocycles. The highest BCUT2D eigenvalue weighted by Crippen LogP contribution is 2.27. The van der Waals surface area contributed by atoms with Crippen molar-refractivity contribution < 1.29 is 4.79 Å². The highest BCUT2D eigenvalue weighted by Gasteiger charge is 2.17. The average Bonchev–Trinajstić information content (AvgIpc) is 3.35. The summed E-state index contributed by atoms with van der Waals surface area (Å²) in [5.41, 5.74) is 4.50. The molecule has 0 aromatic carbocycles. The maximum atomic E-state index is 12.9. The molecule has 4 aromatic heterocycles. The van der Waals surface area contributed by atoms with E-state index in [4.69, 9.17) is 0 Å². The number of hydrogen-bond acceptors (Lipinski definition) is 3. The number of H-pyrrole nitrogens is 2. The van der Waals surface area contributed by atoms with E-state index in [1.54, 1.807) is 18.6 Å². The molecule has 4 rings (SSSR count). The van der Waals surface area contributed by atoms with Crippen LogP contribution in [0, 0.1) is 0 Å². The van der Waals surface area contributed by atoms with E-state index >= 15 is 0 Å². The van der Waals surface area contributed by atoms with E-state index in [1.165, 1.54) is 0 Å². The minimum atomic E-state index is -0.0186. The Morgan fingerprint density at radius 1 is 1.12 bits per heavy atom. The highest BCUT2D eigenvalue weighted by molar-refractivity contribution is 5.97. The van der Waals surface area contributed by atoms with Gasteiger partial charge in [-0.15, -0.1) is 0 Å². The predicted octanol–water partition coefficient (Wildman–Crippen LogP) is 3.62. The Bertz CT molecular complexity index is 1030. The molecule has 4 heterocycles. The van der Waals surface area contributed by atoms with Crippen molar-refractivity contribution in [1.29, 1.82) is 0 Å². The van der Waals surface area contributed by atoms with Crippen molar-refractivity contribution in [2.24, 2.45) is 0 Å². The van der Waals surface area contributed by atoms with Crippen molar-refractivity contribution >= 4 is 16.9 Å². The second-order valence-corrected chi connectivity index (χ2v) is 6.08. The van der Waals surface area contributed by atoms with Crippen LogP contribution in [0.15, 0.2) is 61.3 Å². The molecular formula is C20H19N5O. The summed E-state index contributed by atoms with van der Waals surface area (Å²) < 4.78 is 0. The lowest BCUT2D eigenvalue weighted by Gasteiger charge is -2.20. The zero-order valence-electron chi connectivity index (χ0n) is 14.4. The first-order valence-corrected chi connectivity index (χ1v) is 8.55. The number of fused-ring (bicyclic) bond motifs is 1. The molecule has 0 fully saturated rings. The molecule has 6 nitrogen and oxygen atoms in total. The fourth-order valence-electron chi connectivity index (χ4n) is 3.09. The van der Waals surface area contributed by atoms with Crippen molar-refractivity contribution in [1.82, 2.24) is 24.8 Å². The monoisotopic (exact) mass is 345 g/mol. The minimum absolute atomic E-state index is 0.0186. The van der Waals surface area contributed by atoms with Crippen molar-refractivity contribution in [3.8, 4) is 11.1 Å². The van der Waals surface area contributed by atoms with E-state index in [-0.39, 0.29) is 5.91 Å². The van der Waals surface area contributed by atoms with Crippen LogP contribution in [0.4, 0.5) is 0 Å². The number of carbonyl (C=O) groups excluding carboxylic acids is 1. The van der Waals surface area contributed by atoms with Gasteiger partial charge in [-0.1, -0.05) is 0 Å². The van der Waals surface area contributed by atoms with Gasteiger partial charge in [0, 0.05) is 55.0 Å². The Morgan fingerprint density at radius 3 is 2.77 bits per heavy atom. The number of nitrogens with zero attached hydrogens (tertiary/aromatic N) is 3. The molecule has 0 radical (unpaired) electrons. The summed E-state index contributed by atoms with van der Waals surface area (Å²) in [5.74, 6) is -0.0186. The number of nitrogens with one attached hydrogen (secondary N) is 2. The molecule has 1 amide bonds. The van der Waals surface area contributed by atoms with Gasteiger partial charge in [0.15, 0.2) is 0 Å². The quantitative estimate of drug-likeness (QED) is 0.580. The topological polar surface area (TPSA) is 77.7 Å². The second kappa shape index (κ2) is 6.84. The van der Waals surface area contributed by atoms with Crippen molar-refractivity contribution in [3.63, 3.8) is 0 Å². The van der Waals surface area contributed by atoms with Gasteiger partial charge < -0.3 is 14.9 Å². The van der Waals surface area contributed by atoms with Crippen LogP contribution in [0.2, 0.25) is 0 Å². The normalized spacial score (nSPS) is 11.0. The van der Waals surface area contributed by atoms with Gasteiger partial charge in [-0.25, -0.2) is 4.98 Å². The summed E-state index contributed by atoms with van der Waals surface area (Å²) >= 11 is 0. The van der Waals surface area contributed by atoms with Crippen LogP contribution in [0.1, 0.15) is 23.0 Å². The van der Waals surface area contributed by atoms with E-state index in [0.717, 1.165) is 27.7 Å². The van der Waals surface area contributed by atoms with Crippen molar-refractivity contribution in [2.45, 2.75) is 13.5 Å². The third kappa shape index (κ3) is 2.97. The lowest BCUT2D eigenvalue weighted by Crippen LogP contribution is -2.30. The summed E-state index contributed by atoms with van der Waals surface area (Å²) in [5, 5.41) is 1.04. The Balaban J connectivity index is 1.60. The molecule has 2 N–H and O–H groups in total. The Morgan fingerprint density at radius 2 is 1.96 bits per heavy atom. The van der Waals surface area contributed by atoms with Crippen molar-refractivity contribution in [2.75, 3.05) is 6.54 Å². The van der Waals surface area contributed by atoms with Crippen LogP contribution in [0.5, 0.6) is 0 Å². The van der Waals surface area contributed by atoms with Crippen LogP contribution in [-0.2, 0) is 6.54 Å². The van der Waals surface area contributed by atoms with E-state index in [9.17, 15) is 4.79 Å². The molecule has 4 aromatic rings. The van der Waals surface area contributed by atoms with Crippen LogP contribution in [0.3, 0.4) is 0 Å². The van der Waals surface area contributed by atoms with Gasteiger partial charge in [0.25, 0.3) is 5.91 Å². The SMILES string of the molecule is CCN(Cc1ccncc1)C(=O)c1cc(-c2ccnc3[nH]ccc23)c[nH]1. The molecule has 0 saturated carbocycles. The van der Waals surface area contributed by atoms with Gasteiger partial charge >= 0.3 is 0 Å². The Labute approximate surface area is 150 Å². The summed E-state index contributed by atoms with van der Waals surface area (Å²) in [4.78, 5) is 29.3. The molecule has 6 heteroatoms. The fraction of sp³-hybridized carbons (Fsp3) is 0.150. The molecule has 0 saturated heterocycles. The number of hydrogen-bond donors (Lipinski definition) is 2. The zero-order chi connectivity index (χ0) is 17.9. The van der Waals surface area contributed by atoms with E-state index in [1.807, 2.05) is 54.5 Å². The van der Waals surface area contributed by atoms with Gasteiger partial charge in [0.05, 0.1) is 0 Å². The maximum Gasteiger partial charge on any atom is 0.270 e.